The third kappa shape index (κ3) is 12.0. The molecule has 6 nitrogen and oxygen atoms in total. The topological polar surface area (TPSA) is 61.4 Å². The Balaban J connectivity index is 0.000000197. The zero-order valence-electron chi connectivity index (χ0n) is 45.6. The number of nitrogens with zero attached hydrogens (tertiary/aromatic N) is 6. The summed E-state index contributed by atoms with van der Waals surface area (Å²) in [5.41, 5.74) is 21.2. The quantitative estimate of drug-likeness (QED) is 0.114. The van der Waals surface area contributed by atoms with Crippen molar-refractivity contribution in [2.75, 3.05) is 0 Å². The summed E-state index contributed by atoms with van der Waals surface area (Å²) in [7, 11) is 0. The second kappa shape index (κ2) is 23.5. The monoisotopic (exact) mass is 1160 g/mol. The molecule has 0 bridgehead atoms. The van der Waals surface area contributed by atoms with Crippen LogP contribution in [0.25, 0.3) is 79.2 Å². The van der Waals surface area contributed by atoms with Crippen molar-refractivity contribution >= 4 is 0 Å². The van der Waals surface area contributed by atoms with Crippen LogP contribution >= 0.6 is 0 Å². The molecule has 0 atom stereocenters. The van der Waals surface area contributed by atoms with Crippen molar-refractivity contribution in [2.45, 2.75) is 107 Å². The van der Waals surface area contributed by atoms with Crippen LogP contribution in [-0.4, -0.2) is 29.5 Å². The van der Waals surface area contributed by atoms with Gasteiger partial charge in [-0.25, -0.2) is 9.67 Å². The van der Waals surface area contributed by atoms with Crippen molar-refractivity contribution < 1.29 is 20.1 Å². The number of rotatable bonds is 12. The molecule has 0 saturated heterocycles. The van der Waals surface area contributed by atoms with Crippen LogP contribution in [0.4, 0.5) is 0 Å². The minimum absolute atomic E-state index is 0. The normalized spacial score (nSPS) is 11.3. The van der Waals surface area contributed by atoms with Gasteiger partial charge in [-0.3, -0.25) is 9.67 Å². The third-order valence-corrected chi connectivity index (χ3v) is 13.6. The number of hydrogen-bond acceptors (Lipinski definition) is 4. The summed E-state index contributed by atoms with van der Waals surface area (Å²) in [4.78, 5) is 10.3. The molecule has 10 rings (SSSR count). The first-order valence-corrected chi connectivity index (χ1v) is 26.2. The van der Waals surface area contributed by atoms with Gasteiger partial charge in [0.05, 0.1) is 17.2 Å². The van der Waals surface area contributed by atoms with Crippen LogP contribution < -0.4 is 0 Å². The molecule has 0 fully saturated rings. The van der Waals surface area contributed by atoms with E-state index in [2.05, 4.69) is 250 Å². The van der Waals surface area contributed by atoms with E-state index in [0.717, 1.165) is 56.9 Å². The smallest absolute Gasteiger partial charge is 0.182 e. The standard InChI is InChI=1S/C34H35N3.C34H34N3.Ir/c2*1-22(2)30-20-28(26-13-9-7-10-14-26)21-31(23(3)4)32(30)37-34(27-15-11-8-12-16-27)35-33(36-37)29-18-24(5)17-25(6)19-29;/h7-23H,1-6H3;7-15,17-23H,1-6H3;/q;-1;. The van der Waals surface area contributed by atoms with Gasteiger partial charge in [0.15, 0.2) is 17.5 Å². The first-order chi connectivity index (χ1) is 35.6. The Morgan fingerprint density at radius 3 is 1.03 bits per heavy atom. The Morgan fingerprint density at radius 2 is 0.680 bits per heavy atom. The zero-order valence-corrected chi connectivity index (χ0v) is 48.0. The van der Waals surface area contributed by atoms with Crippen LogP contribution in [0.15, 0.2) is 176 Å². The molecule has 7 heteroatoms. The van der Waals surface area contributed by atoms with Crippen LogP contribution in [0, 0.1) is 33.8 Å². The SMILES string of the molecule is Cc1cc(C)cc(-c2nc(-c3[c-]cccc3)n(-c3c(C(C)C)cc(-c4ccccc4)cc3C(C)C)n2)c1.Cc1cc(C)cc(-c2nc(-c3ccccc3)n(-c3c(C(C)C)cc(-c4ccccc4)cc3C(C)C)n2)c1.[Ir]. The van der Waals surface area contributed by atoms with Crippen molar-refractivity contribution in [1.82, 2.24) is 29.5 Å². The number of aryl methyl sites for hydroxylation is 4. The van der Waals surface area contributed by atoms with Crippen molar-refractivity contribution in [3.05, 3.63) is 226 Å². The summed E-state index contributed by atoms with van der Waals surface area (Å²) >= 11 is 0. The van der Waals surface area contributed by atoms with Gasteiger partial charge in [-0.2, -0.15) is 5.10 Å². The molecule has 8 aromatic carbocycles. The van der Waals surface area contributed by atoms with Gasteiger partial charge in [0.25, 0.3) is 0 Å². The maximum Gasteiger partial charge on any atom is 0.182 e. The minimum Gasteiger partial charge on any atom is -0.257 e. The van der Waals surface area contributed by atoms with Gasteiger partial charge in [0.2, 0.25) is 0 Å². The van der Waals surface area contributed by atoms with Crippen LogP contribution in [0.1, 0.15) is 124 Å². The van der Waals surface area contributed by atoms with Crippen LogP contribution in [0.3, 0.4) is 0 Å². The van der Waals surface area contributed by atoms with E-state index in [1.807, 2.05) is 24.3 Å². The molecule has 0 amide bonds. The van der Waals surface area contributed by atoms with Gasteiger partial charge in [-0.1, -0.05) is 181 Å². The molecule has 0 saturated carbocycles. The minimum atomic E-state index is 0. The fourth-order valence-electron chi connectivity index (χ4n) is 10.1. The second-order valence-electron chi connectivity index (χ2n) is 21.1. The fourth-order valence-corrected chi connectivity index (χ4v) is 10.1. The van der Waals surface area contributed by atoms with E-state index < -0.39 is 0 Å². The molecule has 0 aliphatic carbocycles. The molecule has 10 aromatic rings. The van der Waals surface area contributed by atoms with E-state index in [4.69, 9.17) is 20.2 Å². The summed E-state index contributed by atoms with van der Waals surface area (Å²) in [6, 6.07) is 65.5. The fraction of sp³-hybridized carbons (Fsp3) is 0.235. The van der Waals surface area contributed by atoms with E-state index in [-0.39, 0.29) is 20.1 Å². The van der Waals surface area contributed by atoms with E-state index in [1.54, 1.807) is 0 Å². The van der Waals surface area contributed by atoms with Crippen molar-refractivity contribution in [2.24, 2.45) is 0 Å². The van der Waals surface area contributed by atoms with E-state index >= 15 is 0 Å². The van der Waals surface area contributed by atoms with Gasteiger partial charge in [-0.15, -0.1) is 41.0 Å². The van der Waals surface area contributed by atoms with Gasteiger partial charge < -0.3 is 0 Å². The molecule has 0 spiro atoms. The predicted molar refractivity (Wildman–Crippen MR) is 309 cm³/mol. The molecule has 0 N–H and O–H groups in total. The molecule has 0 unspecified atom stereocenters. The Labute approximate surface area is 459 Å². The van der Waals surface area contributed by atoms with Gasteiger partial charge >= 0.3 is 0 Å². The summed E-state index contributed by atoms with van der Waals surface area (Å²) in [6.45, 7) is 26.6. The summed E-state index contributed by atoms with van der Waals surface area (Å²) in [5, 5.41) is 10.4. The third-order valence-electron chi connectivity index (χ3n) is 13.6. The molecule has 1 radical (unpaired) electrons. The summed E-state index contributed by atoms with van der Waals surface area (Å²) in [6.07, 6.45) is 0. The molecule has 381 valence electrons. The van der Waals surface area contributed by atoms with Crippen LogP contribution in [-0.2, 0) is 20.1 Å². The predicted octanol–water partition coefficient (Wildman–Crippen LogP) is 18.1. The molecule has 2 heterocycles. The number of aromatic nitrogens is 6. The molecule has 2 aromatic heterocycles. The summed E-state index contributed by atoms with van der Waals surface area (Å²) in [5.74, 6) is 4.40. The Morgan fingerprint density at radius 1 is 0.347 bits per heavy atom. The zero-order chi connectivity index (χ0) is 52.2. The average Bonchev–Trinajstić information content (AvgIpc) is 4.05. The first kappa shape index (κ1) is 54.0. The Bertz CT molecular complexity index is 3200. The Hall–Kier alpha value is -7.31. The molecular formula is C68H69IrN6-. The van der Waals surface area contributed by atoms with E-state index in [9.17, 15) is 0 Å². The maximum atomic E-state index is 5.20. The largest absolute Gasteiger partial charge is 0.257 e. The Kier molecular flexibility index (Phi) is 16.9. The number of benzene rings is 8. The van der Waals surface area contributed by atoms with Crippen LogP contribution in [0.2, 0.25) is 0 Å². The van der Waals surface area contributed by atoms with Gasteiger partial charge in [0.1, 0.15) is 0 Å². The first-order valence-electron chi connectivity index (χ1n) is 26.2. The van der Waals surface area contributed by atoms with Crippen LogP contribution in [0.5, 0.6) is 0 Å². The molecule has 75 heavy (non-hydrogen) atoms. The van der Waals surface area contributed by atoms with Crippen molar-refractivity contribution in [1.29, 1.82) is 0 Å². The van der Waals surface area contributed by atoms with E-state index in [0.29, 0.717) is 23.7 Å². The molecule has 0 aliphatic rings. The van der Waals surface area contributed by atoms with Gasteiger partial charge in [0, 0.05) is 36.8 Å². The number of hydrogen-bond donors (Lipinski definition) is 0. The molecule has 0 aliphatic heterocycles. The summed E-state index contributed by atoms with van der Waals surface area (Å²) < 4.78 is 4.17. The van der Waals surface area contributed by atoms with E-state index in [1.165, 1.54) is 66.8 Å². The van der Waals surface area contributed by atoms with Gasteiger partial charge in [-0.05, 0) is 144 Å². The average molecular weight is 1160 g/mol. The molecular weight excluding hydrogens is 1090 g/mol. The maximum absolute atomic E-state index is 5.20. The van der Waals surface area contributed by atoms with Crippen molar-refractivity contribution in [3.63, 3.8) is 0 Å². The second-order valence-corrected chi connectivity index (χ2v) is 21.1. The van der Waals surface area contributed by atoms with Crippen molar-refractivity contribution in [3.8, 4) is 79.2 Å².